The van der Waals surface area contributed by atoms with Gasteiger partial charge in [-0.25, -0.2) is 9.59 Å². The summed E-state index contributed by atoms with van der Waals surface area (Å²) in [6.45, 7) is 0.236. The maximum atomic E-state index is 12.0. The molecular weight excluding hydrogens is 368 g/mol. The first-order chi connectivity index (χ1) is 13.7. The molecule has 28 heavy (non-hydrogen) atoms. The topological polar surface area (TPSA) is 89.5 Å². The van der Waals surface area contributed by atoms with Crippen LogP contribution in [0.4, 0.5) is 9.59 Å². The summed E-state index contributed by atoms with van der Waals surface area (Å²) in [5.41, 5.74) is 0. The van der Waals surface area contributed by atoms with Crippen molar-refractivity contribution >= 4 is 12.3 Å². The second-order valence-corrected chi connectivity index (χ2v) is 6.24. The molecule has 8 heteroatoms. The average Bonchev–Trinajstić information content (AvgIpc) is 3.27. The third kappa shape index (κ3) is 4.24. The SMILES string of the molecule is O=C(Oc1ccccc1)O[C@H]1CO[C@H]2[C@H]1OC[C@H]2OC(=O)Oc1ccccc1. The first kappa shape index (κ1) is 18.3. The highest BCUT2D eigenvalue weighted by Gasteiger charge is 2.51. The highest BCUT2D eigenvalue weighted by molar-refractivity contribution is 5.64. The third-order valence-electron chi connectivity index (χ3n) is 4.35. The number of carbonyl (C=O) groups excluding carboxylic acids is 2. The van der Waals surface area contributed by atoms with E-state index in [2.05, 4.69) is 0 Å². The Morgan fingerprint density at radius 2 is 1.07 bits per heavy atom. The minimum atomic E-state index is -0.850. The van der Waals surface area contributed by atoms with Crippen LogP contribution in [0.25, 0.3) is 0 Å². The molecule has 8 nitrogen and oxygen atoms in total. The summed E-state index contributed by atoms with van der Waals surface area (Å²) in [4.78, 5) is 23.9. The van der Waals surface area contributed by atoms with Crippen LogP contribution >= 0.6 is 0 Å². The smallest absolute Gasteiger partial charge is 0.425 e. The van der Waals surface area contributed by atoms with E-state index in [0.29, 0.717) is 11.5 Å². The van der Waals surface area contributed by atoms with Gasteiger partial charge < -0.3 is 28.4 Å². The van der Waals surface area contributed by atoms with Gasteiger partial charge in [0.15, 0.2) is 12.2 Å². The van der Waals surface area contributed by atoms with Gasteiger partial charge in [-0.2, -0.15) is 0 Å². The summed E-state index contributed by atoms with van der Waals surface area (Å²) < 4.78 is 32.0. The summed E-state index contributed by atoms with van der Waals surface area (Å²) in [6, 6.07) is 17.2. The molecule has 0 aromatic heterocycles. The van der Waals surface area contributed by atoms with Gasteiger partial charge in [0.25, 0.3) is 0 Å². The molecule has 4 atom stereocenters. The molecule has 0 N–H and O–H groups in total. The summed E-state index contributed by atoms with van der Waals surface area (Å²) >= 11 is 0. The van der Waals surface area contributed by atoms with Gasteiger partial charge in [0.1, 0.15) is 23.7 Å². The lowest BCUT2D eigenvalue weighted by molar-refractivity contribution is -0.0274. The van der Waals surface area contributed by atoms with E-state index in [-0.39, 0.29) is 13.2 Å². The van der Waals surface area contributed by atoms with Crippen LogP contribution in [0.2, 0.25) is 0 Å². The lowest BCUT2D eigenvalue weighted by Crippen LogP contribution is -2.36. The van der Waals surface area contributed by atoms with Crippen LogP contribution in [0.5, 0.6) is 11.5 Å². The van der Waals surface area contributed by atoms with Crippen LogP contribution in [0.3, 0.4) is 0 Å². The predicted molar refractivity (Wildman–Crippen MR) is 94.2 cm³/mol. The molecule has 2 aromatic rings. The highest BCUT2D eigenvalue weighted by Crippen LogP contribution is 2.31. The van der Waals surface area contributed by atoms with Gasteiger partial charge in [0.05, 0.1) is 13.2 Å². The molecule has 2 heterocycles. The summed E-state index contributed by atoms with van der Waals surface area (Å²) in [7, 11) is 0. The van der Waals surface area contributed by atoms with Crippen LogP contribution in [-0.4, -0.2) is 49.9 Å². The molecule has 0 bridgehead atoms. The van der Waals surface area contributed by atoms with Crippen molar-refractivity contribution in [3.8, 4) is 11.5 Å². The van der Waals surface area contributed by atoms with Gasteiger partial charge in [-0.15, -0.1) is 0 Å². The molecule has 0 aliphatic carbocycles. The first-order valence-electron chi connectivity index (χ1n) is 8.79. The summed E-state index contributed by atoms with van der Waals surface area (Å²) in [5, 5.41) is 0. The molecule has 146 valence electrons. The number of carbonyl (C=O) groups is 2. The van der Waals surface area contributed by atoms with Crippen molar-refractivity contribution in [3.05, 3.63) is 60.7 Å². The molecule has 2 fully saturated rings. The number of para-hydroxylation sites is 2. The second-order valence-electron chi connectivity index (χ2n) is 6.24. The Morgan fingerprint density at radius 3 is 1.46 bits per heavy atom. The molecule has 2 aromatic carbocycles. The van der Waals surface area contributed by atoms with Gasteiger partial charge in [0.2, 0.25) is 0 Å². The number of hydrogen-bond acceptors (Lipinski definition) is 8. The molecule has 2 aliphatic rings. The number of fused-ring (bicyclic) bond motifs is 1. The zero-order valence-corrected chi connectivity index (χ0v) is 14.8. The summed E-state index contributed by atoms with van der Waals surface area (Å²) in [6.07, 6.45) is -4.09. The Labute approximate surface area is 160 Å². The molecule has 0 saturated carbocycles. The van der Waals surface area contributed by atoms with E-state index in [0.717, 1.165) is 0 Å². The first-order valence-corrected chi connectivity index (χ1v) is 8.79. The Morgan fingerprint density at radius 1 is 0.679 bits per heavy atom. The van der Waals surface area contributed by atoms with Crippen molar-refractivity contribution in [1.82, 2.24) is 0 Å². The Balaban J connectivity index is 1.28. The van der Waals surface area contributed by atoms with Crippen molar-refractivity contribution < 1.29 is 38.0 Å². The average molecular weight is 386 g/mol. The Kier molecular flexibility index (Phi) is 5.41. The number of benzene rings is 2. The zero-order valence-electron chi connectivity index (χ0n) is 14.8. The van der Waals surface area contributed by atoms with Crippen molar-refractivity contribution in [1.29, 1.82) is 0 Å². The fourth-order valence-electron chi connectivity index (χ4n) is 3.10. The van der Waals surface area contributed by atoms with E-state index < -0.39 is 36.7 Å². The third-order valence-corrected chi connectivity index (χ3v) is 4.35. The number of rotatable bonds is 4. The van der Waals surface area contributed by atoms with E-state index >= 15 is 0 Å². The van der Waals surface area contributed by atoms with Gasteiger partial charge in [-0.05, 0) is 24.3 Å². The summed E-state index contributed by atoms with van der Waals surface area (Å²) in [5.74, 6) is 0.750. The normalized spacial score (nSPS) is 25.6. The minimum Gasteiger partial charge on any atom is -0.425 e. The molecule has 0 radical (unpaired) electrons. The molecule has 2 saturated heterocycles. The van der Waals surface area contributed by atoms with E-state index in [4.69, 9.17) is 28.4 Å². The van der Waals surface area contributed by atoms with E-state index in [1.807, 2.05) is 12.1 Å². The van der Waals surface area contributed by atoms with E-state index in [9.17, 15) is 9.59 Å². The van der Waals surface area contributed by atoms with E-state index in [1.165, 1.54) is 0 Å². The maximum absolute atomic E-state index is 12.0. The van der Waals surface area contributed by atoms with Crippen LogP contribution in [0, 0.1) is 0 Å². The molecule has 0 unspecified atom stereocenters. The zero-order chi connectivity index (χ0) is 19.3. The van der Waals surface area contributed by atoms with Crippen molar-refractivity contribution in [3.63, 3.8) is 0 Å². The van der Waals surface area contributed by atoms with Gasteiger partial charge in [-0.3, -0.25) is 0 Å². The van der Waals surface area contributed by atoms with Crippen molar-refractivity contribution in [2.24, 2.45) is 0 Å². The minimum absolute atomic E-state index is 0.118. The molecule has 0 spiro atoms. The Hall–Kier alpha value is -3.10. The monoisotopic (exact) mass is 386 g/mol. The lowest BCUT2D eigenvalue weighted by atomic mass is 10.1. The lowest BCUT2D eigenvalue weighted by Gasteiger charge is -2.17. The largest absolute Gasteiger partial charge is 0.514 e. The van der Waals surface area contributed by atoms with Gasteiger partial charge in [0, 0.05) is 0 Å². The van der Waals surface area contributed by atoms with Gasteiger partial charge in [-0.1, -0.05) is 36.4 Å². The Bertz CT molecular complexity index is 740. The van der Waals surface area contributed by atoms with Crippen molar-refractivity contribution in [2.45, 2.75) is 24.4 Å². The van der Waals surface area contributed by atoms with Crippen LogP contribution < -0.4 is 9.47 Å². The van der Waals surface area contributed by atoms with E-state index in [1.54, 1.807) is 48.5 Å². The highest BCUT2D eigenvalue weighted by atomic mass is 16.8. The molecular formula is C20H18O8. The van der Waals surface area contributed by atoms with Crippen LogP contribution in [0.15, 0.2) is 60.7 Å². The van der Waals surface area contributed by atoms with Crippen LogP contribution in [0.1, 0.15) is 0 Å². The number of ether oxygens (including phenoxy) is 6. The van der Waals surface area contributed by atoms with Gasteiger partial charge >= 0.3 is 12.3 Å². The second kappa shape index (κ2) is 8.28. The van der Waals surface area contributed by atoms with Crippen LogP contribution in [-0.2, 0) is 18.9 Å². The standard InChI is InChI=1S/C20H18O8/c21-19(25-13-7-3-1-4-8-13)27-15-11-23-18-16(12-24-17(15)18)28-20(22)26-14-9-5-2-6-10-14/h1-10,15-18H,11-12H2/t15-,16+,17-,18+. The fourth-order valence-corrected chi connectivity index (χ4v) is 3.10. The molecule has 0 amide bonds. The maximum Gasteiger partial charge on any atom is 0.514 e. The molecule has 4 rings (SSSR count). The quantitative estimate of drug-likeness (QED) is 0.585. The molecule has 2 aliphatic heterocycles. The number of hydrogen-bond donors (Lipinski definition) is 0. The predicted octanol–water partition coefficient (Wildman–Crippen LogP) is 2.95. The van der Waals surface area contributed by atoms with Crippen molar-refractivity contribution in [2.75, 3.05) is 13.2 Å². The fraction of sp³-hybridized carbons (Fsp3) is 0.300.